The Bertz CT molecular complexity index is 801. The van der Waals surface area contributed by atoms with E-state index in [1.807, 2.05) is 44.2 Å². The summed E-state index contributed by atoms with van der Waals surface area (Å²) in [5.41, 5.74) is 2.71. The molecular formula is C14H13ClN6. The van der Waals surface area contributed by atoms with Crippen molar-refractivity contribution in [3.8, 4) is 5.95 Å². The van der Waals surface area contributed by atoms with Gasteiger partial charge in [-0.1, -0.05) is 29.8 Å². The highest BCUT2D eigenvalue weighted by Crippen LogP contribution is 2.13. The molecular weight excluding hydrogens is 288 g/mol. The van der Waals surface area contributed by atoms with Gasteiger partial charge in [-0.3, -0.25) is 0 Å². The van der Waals surface area contributed by atoms with Crippen molar-refractivity contribution in [3.05, 3.63) is 58.6 Å². The summed E-state index contributed by atoms with van der Waals surface area (Å²) in [6.07, 6.45) is 3.19. The van der Waals surface area contributed by atoms with Gasteiger partial charge in [0.2, 0.25) is 0 Å². The van der Waals surface area contributed by atoms with Crippen LogP contribution in [0.15, 0.2) is 41.8 Å². The topological polar surface area (TPSA) is 60.9 Å². The Kier molecular flexibility index (Phi) is 3.53. The molecule has 0 aliphatic carbocycles. The van der Waals surface area contributed by atoms with Crippen LogP contribution in [0.2, 0.25) is 5.02 Å². The lowest BCUT2D eigenvalue weighted by Gasteiger charge is -2.02. The first kappa shape index (κ1) is 13.5. The zero-order chi connectivity index (χ0) is 14.8. The van der Waals surface area contributed by atoms with Crippen LogP contribution in [0.1, 0.15) is 17.0 Å². The van der Waals surface area contributed by atoms with Crippen LogP contribution >= 0.6 is 11.6 Å². The van der Waals surface area contributed by atoms with Crippen LogP contribution in [-0.2, 0) is 0 Å². The van der Waals surface area contributed by atoms with E-state index in [-0.39, 0.29) is 0 Å². The largest absolute Gasteiger partial charge is 0.273 e. The fourth-order valence-electron chi connectivity index (χ4n) is 1.98. The van der Waals surface area contributed by atoms with Gasteiger partial charge in [0.1, 0.15) is 6.33 Å². The van der Waals surface area contributed by atoms with Crippen molar-refractivity contribution in [1.82, 2.24) is 24.7 Å². The molecule has 0 saturated carbocycles. The normalized spacial score (nSPS) is 11.4. The Labute approximate surface area is 126 Å². The molecule has 6 nitrogen and oxygen atoms in total. The molecule has 2 aromatic heterocycles. The maximum Gasteiger partial charge on any atom is 0.273 e. The van der Waals surface area contributed by atoms with Crippen LogP contribution < -0.4 is 0 Å². The summed E-state index contributed by atoms with van der Waals surface area (Å²) in [4.78, 5) is 0. The molecule has 3 aromatic rings. The molecule has 0 N–H and O–H groups in total. The number of nitrogens with zero attached hydrogens (tertiary/aromatic N) is 6. The number of hydrogen-bond donors (Lipinski definition) is 0. The van der Waals surface area contributed by atoms with Gasteiger partial charge in [0.25, 0.3) is 5.95 Å². The Morgan fingerprint density at radius 2 is 2.05 bits per heavy atom. The van der Waals surface area contributed by atoms with Crippen molar-refractivity contribution in [2.24, 2.45) is 5.10 Å². The number of aromatic nitrogens is 5. The fraction of sp³-hybridized carbons (Fsp3) is 0.143. The van der Waals surface area contributed by atoms with Crippen molar-refractivity contribution in [2.75, 3.05) is 0 Å². The summed E-state index contributed by atoms with van der Waals surface area (Å²) in [6, 6.07) is 9.45. The Balaban J connectivity index is 1.97. The average Bonchev–Trinajstić information content (AvgIpc) is 3.04. The van der Waals surface area contributed by atoms with Crippen LogP contribution in [0, 0.1) is 13.8 Å². The minimum absolute atomic E-state index is 0.531. The third kappa shape index (κ3) is 2.71. The van der Waals surface area contributed by atoms with E-state index in [4.69, 9.17) is 11.6 Å². The number of benzene rings is 1. The van der Waals surface area contributed by atoms with E-state index in [9.17, 15) is 0 Å². The summed E-state index contributed by atoms with van der Waals surface area (Å²) in [5, 5.41) is 17.3. The molecule has 0 radical (unpaired) electrons. The molecule has 21 heavy (non-hydrogen) atoms. The van der Waals surface area contributed by atoms with E-state index >= 15 is 0 Å². The van der Waals surface area contributed by atoms with E-state index in [0.29, 0.717) is 11.0 Å². The Morgan fingerprint density at radius 1 is 1.24 bits per heavy atom. The van der Waals surface area contributed by atoms with Crippen LogP contribution in [-0.4, -0.2) is 30.9 Å². The van der Waals surface area contributed by atoms with Crippen molar-refractivity contribution < 1.29 is 0 Å². The fourth-order valence-corrected chi connectivity index (χ4v) is 2.16. The maximum absolute atomic E-state index is 6.10. The molecule has 0 spiro atoms. The molecule has 1 aromatic carbocycles. The lowest BCUT2D eigenvalue weighted by molar-refractivity contribution is 0.717. The smallest absolute Gasteiger partial charge is 0.202 e. The second kappa shape index (κ2) is 5.49. The van der Waals surface area contributed by atoms with Gasteiger partial charge in [-0.05, 0) is 26.0 Å². The molecule has 0 saturated heterocycles. The van der Waals surface area contributed by atoms with Gasteiger partial charge < -0.3 is 0 Å². The van der Waals surface area contributed by atoms with E-state index in [0.717, 1.165) is 17.0 Å². The standard InChI is InChI=1S/C14H13ClN6/c1-10-7-11(2)21(19-10)14-18-16-9-20(14)17-8-12-5-3-4-6-13(12)15/h3-9H,1-2H3. The van der Waals surface area contributed by atoms with E-state index in [1.54, 1.807) is 15.6 Å². The minimum Gasteiger partial charge on any atom is -0.202 e. The van der Waals surface area contributed by atoms with Gasteiger partial charge in [-0.15, -0.1) is 10.2 Å². The lowest BCUT2D eigenvalue weighted by Crippen LogP contribution is -2.06. The summed E-state index contributed by atoms with van der Waals surface area (Å²) >= 11 is 6.10. The average molecular weight is 301 g/mol. The second-order valence-electron chi connectivity index (χ2n) is 4.58. The first-order valence-corrected chi connectivity index (χ1v) is 6.75. The molecule has 3 rings (SSSR count). The zero-order valence-electron chi connectivity index (χ0n) is 11.6. The minimum atomic E-state index is 0.531. The zero-order valence-corrected chi connectivity index (χ0v) is 12.4. The first-order valence-electron chi connectivity index (χ1n) is 6.37. The highest BCUT2D eigenvalue weighted by molar-refractivity contribution is 6.33. The molecule has 0 aliphatic heterocycles. The monoisotopic (exact) mass is 300 g/mol. The van der Waals surface area contributed by atoms with Gasteiger partial charge in [0, 0.05) is 16.3 Å². The van der Waals surface area contributed by atoms with Crippen molar-refractivity contribution in [3.63, 3.8) is 0 Å². The molecule has 0 bridgehead atoms. The number of hydrogen-bond acceptors (Lipinski definition) is 4. The summed E-state index contributed by atoms with van der Waals surface area (Å²) in [5.74, 6) is 0.531. The van der Waals surface area contributed by atoms with Gasteiger partial charge in [0.05, 0.1) is 11.9 Å². The van der Waals surface area contributed by atoms with Crippen LogP contribution in [0.25, 0.3) is 5.95 Å². The van der Waals surface area contributed by atoms with Crippen LogP contribution in [0.4, 0.5) is 0 Å². The highest BCUT2D eigenvalue weighted by atomic mass is 35.5. The second-order valence-corrected chi connectivity index (χ2v) is 4.99. The van der Waals surface area contributed by atoms with Gasteiger partial charge >= 0.3 is 0 Å². The quantitative estimate of drug-likeness (QED) is 0.699. The summed E-state index contributed by atoms with van der Waals surface area (Å²) in [7, 11) is 0. The Hall–Kier alpha value is -2.47. The van der Waals surface area contributed by atoms with E-state index < -0.39 is 0 Å². The molecule has 7 heteroatoms. The van der Waals surface area contributed by atoms with E-state index in [2.05, 4.69) is 20.4 Å². The summed E-state index contributed by atoms with van der Waals surface area (Å²) < 4.78 is 3.26. The molecule has 106 valence electrons. The number of rotatable bonds is 3. The van der Waals surface area contributed by atoms with Gasteiger partial charge in [-0.25, -0.2) is 4.68 Å². The molecule has 0 fully saturated rings. The molecule has 0 unspecified atom stereocenters. The Morgan fingerprint density at radius 3 is 2.76 bits per heavy atom. The van der Waals surface area contributed by atoms with Crippen LogP contribution in [0.3, 0.4) is 0 Å². The lowest BCUT2D eigenvalue weighted by atomic mass is 10.2. The predicted octanol–water partition coefficient (Wildman–Crippen LogP) is 2.62. The number of halogens is 1. The summed E-state index contributed by atoms with van der Waals surface area (Å²) in [6.45, 7) is 3.88. The van der Waals surface area contributed by atoms with Gasteiger partial charge in [-0.2, -0.15) is 14.9 Å². The predicted molar refractivity (Wildman–Crippen MR) is 81.1 cm³/mol. The molecule has 0 aliphatic rings. The molecule has 2 heterocycles. The third-order valence-corrected chi connectivity index (χ3v) is 3.28. The first-order chi connectivity index (χ1) is 10.1. The molecule has 0 amide bonds. The third-order valence-electron chi connectivity index (χ3n) is 2.94. The van der Waals surface area contributed by atoms with Crippen molar-refractivity contribution in [2.45, 2.75) is 13.8 Å². The van der Waals surface area contributed by atoms with Crippen molar-refractivity contribution in [1.29, 1.82) is 0 Å². The number of aryl methyl sites for hydroxylation is 2. The van der Waals surface area contributed by atoms with E-state index in [1.165, 1.54) is 6.33 Å². The van der Waals surface area contributed by atoms with Crippen molar-refractivity contribution >= 4 is 17.8 Å². The van der Waals surface area contributed by atoms with Gasteiger partial charge in [0.15, 0.2) is 0 Å². The van der Waals surface area contributed by atoms with Crippen LogP contribution in [0.5, 0.6) is 0 Å². The SMILES string of the molecule is Cc1cc(C)n(-c2nncn2N=Cc2ccccc2Cl)n1. The highest BCUT2D eigenvalue weighted by Gasteiger charge is 2.10. The molecule has 0 atom stereocenters. The maximum atomic E-state index is 6.10.